The third-order valence-corrected chi connectivity index (χ3v) is 4.46. The van der Waals surface area contributed by atoms with Gasteiger partial charge in [-0.2, -0.15) is 0 Å². The van der Waals surface area contributed by atoms with Gasteiger partial charge in [0, 0.05) is 19.5 Å². The van der Waals surface area contributed by atoms with Crippen molar-refractivity contribution >= 4 is 5.78 Å². The molecule has 0 bridgehead atoms. The maximum atomic E-state index is 12.3. The smallest absolute Gasteiger partial charge is 0.189 e. The number of Topliss-reactive ketones (excluding diaryl/α,β-unsaturated/α-hetero) is 1. The Labute approximate surface area is 123 Å². The molecule has 1 aliphatic carbocycles. The highest BCUT2D eigenvalue weighted by atomic mass is 16.1. The molecule has 1 aliphatic heterocycles. The van der Waals surface area contributed by atoms with Crippen molar-refractivity contribution in [1.29, 1.82) is 0 Å². The van der Waals surface area contributed by atoms with Crippen LogP contribution in [-0.2, 0) is 19.3 Å². The summed E-state index contributed by atoms with van der Waals surface area (Å²) in [6, 6.07) is 6.77. The molecule has 108 valence electrons. The number of fused-ring (bicyclic) bond motifs is 1. The normalized spacial score (nSPS) is 17.5. The number of rotatable bonds is 4. The van der Waals surface area contributed by atoms with Crippen LogP contribution in [0.5, 0.6) is 0 Å². The van der Waals surface area contributed by atoms with Crippen molar-refractivity contribution in [3.05, 3.63) is 46.8 Å². The number of carbonyl (C=O) groups excluding carboxylic acids is 1. The molecule has 4 rings (SSSR count). The van der Waals surface area contributed by atoms with Gasteiger partial charge in [-0.3, -0.25) is 4.79 Å². The van der Waals surface area contributed by atoms with Crippen molar-refractivity contribution < 1.29 is 4.79 Å². The molecule has 1 fully saturated rings. The minimum absolute atomic E-state index is 0.0477. The van der Waals surface area contributed by atoms with E-state index in [1.165, 1.54) is 24.0 Å². The van der Waals surface area contributed by atoms with Crippen molar-refractivity contribution in [1.82, 2.24) is 20.3 Å². The number of ketones is 1. The van der Waals surface area contributed by atoms with E-state index < -0.39 is 0 Å². The predicted octanol–water partition coefficient (Wildman–Crippen LogP) is 1.34. The van der Waals surface area contributed by atoms with Crippen LogP contribution in [0.3, 0.4) is 0 Å². The number of aryl methyl sites for hydroxylation is 2. The molecule has 1 aromatic heterocycles. The quantitative estimate of drug-likeness (QED) is 0.860. The summed E-state index contributed by atoms with van der Waals surface area (Å²) in [5.74, 6) is 0.0477. The summed E-state index contributed by atoms with van der Waals surface area (Å²) in [7, 11) is 0. The molecule has 0 unspecified atom stereocenters. The number of benzene rings is 1. The van der Waals surface area contributed by atoms with E-state index in [1.807, 2.05) is 0 Å². The fourth-order valence-corrected chi connectivity index (χ4v) is 3.05. The Morgan fingerprint density at radius 2 is 2.14 bits per heavy atom. The van der Waals surface area contributed by atoms with Crippen LogP contribution in [0.25, 0.3) is 0 Å². The third kappa shape index (κ3) is 2.38. The second-order valence-corrected chi connectivity index (χ2v) is 5.95. The Morgan fingerprint density at radius 1 is 1.29 bits per heavy atom. The average Bonchev–Trinajstić information content (AvgIpc) is 3.04. The topological polar surface area (TPSA) is 59.8 Å². The van der Waals surface area contributed by atoms with Gasteiger partial charge in [0.15, 0.2) is 5.78 Å². The van der Waals surface area contributed by atoms with Crippen LogP contribution in [0.2, 0.25) is 0 Å². The summed E-state index contributed by atoms with van der Waals surface area (Å²) < 4.78 is 1.80. The number of hydrogen-bond acceptors (Lipinski definition) is 4. The number of nitrogens with zero attached hydrogens (tertiary/aromatic N) is 3. The average molecular weight is 282 g/mol. The predicted molar refractivity (Wildman–Crippen MR) is 78.4 cm³/mol. The summed E-state index contributed by atoms with van der Waals surface area (Å²) in [5.41, 5.74) is 4.40. The van der Waals surface area contributed by atoms with Gasteiger partial charge in [0.1, 0.15) is 5.69 Å². The van der Waals surface area contributed by atoms with E-state index in [0.29, 0.717) is 18.2 Å². The molecule has 21 heavy (non-hydrogen) atoms. The zero-order valence-electron chi connectivity index (χ0n) is 11.9. The van der Waals surface area contributed by atoms with Gasteiger partial charge < -0.3 is 5.32 Å². The van der Waals surface area contributed by atoms with Crippen molar-refractivity contribution in [3.63, 3.8) is 0 Å². The Morgan fingerprint density at radius 3 is 2.95 bits per heavy atom. The molecule has 5 nitrogen and oxygen atoms in total. The number of aromatic nitrogens is 3. The molecule has 1 saturated heterocycles. The van der Waals surface area contributed by atoms with Crippen LogP contribution in [0.1, 0.15) is 39.6 Å². The summed E-state index contributed by atoms with van der Waals surface area (Å²) in [5, 5.41) is 11.3. The second kappa shape index (κ2) is 5.07. The first-order valence-electron chi connectivity index (χ1n) is 7.56. The summed E-state index contributed by atoms with van der Waals surface area (Å²) in [4.78, 5) is 12.3. The maximum absolute atomic E-state index is 12.3. The van der Waals surface area contributed by atoms with Crippen LogP contribution in [0, 0.1) is 0 Å². The molecule has 2 heterocycles. The Kier molecular flexibility index (Phi) is 3.07. The summed E-state index contributed by atoms with van der Waals surface area (Å²) in [6.07, 6.45) is 5.74. The van der Waals surface area contributed by atoms with Crippen LogP contribution in [0.15, 0.2) is 24.4 Å². The van der Waals surface area contributed by atoms with E-state index >= 15 is 0 Å². The number of carbonyl (C=O) groups is 1. The zero-order chi connectivity index (χ0) is 14.2. The number of nitrogens with one attached hydrogen (secondary N) is 1. The SMILES string of the molecule is O=C(Cc1ccc2c(c1)CCC2)c1cn(C2CNC2)nn1. The van der Waals surface area contributed by atoms with Gasteiger partial charge in [-0.15, -0.1) is 5.10 Å². The highest BCUT2D eigenvalue weighted by molar-refractivity contribution is 5.95. The zero-order valence-corrected chi connectivity index (χ0v) is 11.9. The van der Waals surface area contributed by atoms with E-state index in [1.54, 1.807) is 10.9 Å². The van der Waals surface area contributed by atoms with Gasteiger partial charge in [-0.05, 0) is 36.0 Å². The van der Waals surface area contributed by atoms with E-state index in [0.717, 1.165) is 25.1 Å². The first-order chi connectivity index (χ1) is 10.3. The molecule has 2 aromatic rings. The minimum atomic E-state index is 0.0477. The lowest BCUT2D eigenvalue weighted by Crippen LogP contribution is -2.43. The van der Waals surface area contributed by atoms with Crippen LogP contribution < -0.4 is 5.32 Å². The third-order valence-electron chi connectivity index (χ3n) is 4.46. The van der Waals surface area contributed by atoms with Crippen LogP contribution in [-0.4, -0.2) is 33.9 Å². The Hall–Kier alpha value is -2.01. The molecule has 1 N–H and O–H groups in total. The van der Waals surface area contributed by atoms with Crippen molar-refractivity contribution in [2.24, 2.45) is 0 Å². The second-order valence-electron chi connectivity index (χ2n) is 5.95. The minimum Gasteiger partial charge on any atom is -0.312 e. The first kappa shape index (κ1) is 12.7. The van der Waals surface area contributed by atoms with Gasteiger partial charge in [-0.1, -0.05) is 23.4 Å². The van der Waals surface area contributed by atoms with E-state index in [-0.39, 0.29) is 5.78 Å². The molecular weight excluding hydrogens is 264 g/mol. The monoisotopic (exact) mass is 282 g/mol. The van der Waals surface area contributed by atoms with E-state index in [2.05, 4.69) is 33.8 Å². The fraction of sp³-hybridized carbons (Fsp3) is 0.438. The highest BCUT2D eigenvalue weighted by Crippen LogP contribution is 2.23. The van der Waals surface area contributed by atoms with Crippen molar-refractivity contribution in [2.75, 3.05) is 13.1 Å². The molecule has 0 radical (unpaired) electrons. The molecular formula is C16H18N4O. The van der Waals surface area contributed by atoms with Crippen LogP contribution in [0.4, 0.5) is 0 Å². The standard InChI is InChI=1S/C16H18N4O/c21-16(15-10-20(19-18-15)14-8-17-9-14)7-11-4-5-12-2-1-3-13(12)6-11/h4-6,10,14,17H,1-3,7-9H2. The van der Waals surface area contributed by atoms with Gasteiger partial charge in [0.25, 0.3) is 0 Å². The molecule has 5 heteroatoms. The lowest BCUT2D eigenvalue weighted by molar-refractivity contribution is 0.0988. The first-order valence-corrected chi connectivity index (χ1v) is 7.56. The maximum Gasteiger partial charge on any atom is 0.189 e. The molecule has 1 aromatic carbocycles. The van der Waals surface area contributed by atoms with Crippen LogP contribution >= 0.6 is 0 Å². The highest BCUT2D eigenvalue weighted by Gasteiger charge is 2.22. The lowest BCUT2D eigenvalue weighted by Gasteiger charge is -2.26. The largest absolute Gasteiger partial charge is 0.312 e. The Bertz CT molecular complexity index is 687. The molecule has 0 spiro atoms. The molecule has 0 amide bonds. The van der Waals surface area contributed by atoms with Crippen molar-refractivity contribution in [2.45, 2.75) is 31.7 Å². The van der Waals surface area contributed by atoms with Gasteiger partial charge in [0.2, 0.25) is 0 Å². The van der Waals surface area contributed by atoms with Gasteiger partial charge >= 0.3 is 0 Å². The number of hydrogen-bond donors (Lipinski definition) is 1. The molecule has 0 atom stereocenters. The van der Waals surface area contributed by atoms with E-state index in [9.17, 15) is 4.79 Å². The molecule has 2 aliphatic rings. The Balaban J connectivity index is 1.48. The fourth-order valence-electron chi connectivity index (χ4n) is 3.05. The van der Waals surface area contributed by atoms with Crippen molar-refractivity contribution in [3.8, 4) is 0 Å². The van der Waals surface area contributed by atoms with Gasteiger partial charge in [-0.25, -0.2) is 4.68 Å². The van der Waals surface area contributed by atoms with Gasteiger partial charge in [0.05, 0.1) is 12.2 Å². The van der Waals surface area contributed by atoms with E-state index in [4.69, 9.17) is 0 Å². The molecule has 0 saturated carbocycles. The summed E-state index contributed by atoms with van der Waals surface area (Å²) in [6.45, 7) is 1.81. The summed E-state index contributed by atoms with van der Waals surface area (Å²) >= 11 is 0. The lowest BCUT2D eigenvalue weighted by atomic mass is 10.0.